The SMILES string of the molecule is Cc1cn(C)c(=O)n1Cc1ccccc1. The molecule has 0 aliphatic heterocycles. The summed E-state index contributed by atoms with van der Waals surface area (Å²) in [6.45, 7) is 2.59. The number of benzene rings is 1. The van der Waals surface area contributed by atoms with E-state index in [9.17, 15) is 4.79 Å². The average Bonchev–Trinajstić information content (AvgIpc) is 2.47. The van der Waals surface area contributed by atoms with Gasteiger partial charge in [-0.05, 0) is 12.5 Å². The Labute approximate surface area is 88.6 Å². The van der Waals surface area contributed by atoms with Gasteiger partial charge in [0.25, 0.3) is 0 Å². The molecule has 0 saturated carbocycles. The van der Waals surface area contributed by atoms with Crippen LogP contribution in [0.4, 0.5) is 0 Å². The molecule has 1 heterocycles. The fourth-order valence-electron chi connectivity index (χ4n) is 1.70. The second-order valence-electron chi connectivity index (χ2n) is 3.74. The minimum atomic E-state index is 0.0383. The maximum absolute atomic E-state index is 11.7. The molecule has 3 nitrogen and oxygen atoms in total. The van der Waals surface area contributed by atoms with Gasteiger partial charge in [0.05, 0.1) is 6.54 Å². The molecule has 2 rings (SSSR count). The van der Waals surface area contributed by atoms with Crippen molar-refractivity contribution in [1.29, 1.82) is 0 Å². The van der Waals surface area contributed by atoms with Gasteiger partial charge in [-0.25, -0.2) is 4.79 Å². The highest BCUT2D eigenvalue weighted by Gasteiger charge is 2.04. The third-order valence-electron chi connectivity index (χ3n) is 2.52. The normalized spacial score (nSPS) is 10.5. The number of aromatic nitrogens is 2. The van der Waals surface area contributed by atoms with Gasteiger partial charge in [-0.3, -0.25) is 4.57 Å². The maximum atomic E-state index is 11.7. The van der Waals surface area contributed by atoms with Gasteiger partial charge in [0, 0.05) is 18.9 Å². The van der Waals surface area contributed by atoms with Crippen molar-refractivity contribution in [2.45, 2.75) is 13.5 Å². The summed E-state index contributed by atoms with van der Waals surface area (Å²) in [5, 5.41) is 0. The van der Waals surface area contributed by atoms with Crippen LogP contribution in [0.5, 0.6) is 0 Å². The fraction of sp³-hybridized carbons (Fsp3) is 0.250. The molecule has 0 N–H and O–H groups in total. The number of hydrogen-bond acceptors (Lipinski definition) is 1. The molecule has 0 fully saturated rings. The van der Waals surface area contributed by atoms with Crippen molar-refractivity contribution in [2.75, 3.05) is 0 Å². The van der Waals surface area contributed by atoms with Gasteiger partial charge in [-0.1, -0.05) is 30.3 Å². The molecule has 0 amide bonds. The molecule has 0 unspecified atom stereocenters. The van der Waals surface area contributed by atoms with Crippen molar-refractivity contribution in [3.8, 4) is 0 Å². The summed E-state index contributed by atoms with van der Waals surface area (Å²) in [6, 6.07) is 10.00. The van der Waals surface area contributed by atoms with Crippen LogP contribution in [0.25, 0.3) is 0 Å². The van der Waals surface area contributed by atoms with E-state index in [2.05, 4.69) is 0 Å². The lowest BCUT2D eigenvalue weighted by molar-refractivity contribution is 0.704. The lowest BCUT2D eigenvalue weighted by atomic mass is 10.2. The van der Waals surface area contributed by atoms with Gasteiger partial charge < -0.3 is 4.57 Å². The molecule has 0 radical (unpaired) electrons. The quantitative estimate of drug-likeness (QED) is 0.725. The number of rotatable bonds is 2. The van der Waals surface area contributed by atoms with Crippen LogP contribution in [-0.2, 0) is 13.6 Å². The van der Waals surface area contributed by atoms with Crippen LogP contribution in [-0.4, -0.2) is 9.13 Å². The fourth-order valence-corrected chi connectivity index (χ4v) is 1.70. The van der Waals surface area contributed by atoms with Crippen LogP contribution in [0.1, 0.15) is 11.3 Å². The Kier molecular flexibility index (Phi) is 2.46. The van der Waals surface area contributed by atoms with E-state index in [-0.39, 0.29) is 5.69 Å². The van der Waals surface area contributed by atoms with Crippen molar-refractivity contribution in [1.82, 2.24) is 9.13 Å². The van der Waals surface area contributed by atoms with Crippen LogP contribution in [0.15, 0.2) is 41.3 Å². The summed E-state index contributed by atoms with van der Waals surface area (Å²) >= 11 is 0. The molecule has 1 aromatic heterocycles. The second kappa shape index (κ2) is 3.77. The minimum Gasteiger partial charge on any atom is -0.302 e. The van der Waals surface area contributed by atoms with E-state index in [1.165, 1.54) is 0 Å². The summed E-state index contributed by atoms with van der Waals surface area (Å²) in [7, 11) is 1.77. The molecule has 1 aromatic carbocycles. The summed E-state index contributed by atoms with van der Waals surface area (Å²) in [6.07, 6.45) is 1.85. The Morgan fingerprint density at radius 1 is 1.20 bits per heavy atom. The molecule has 15 heavy (non-hydrogen) atoms. The Morgan fingerprint density at radius 3 is 2.40 bits per heavy atom. The number of nitrogens with zero attached hydrogens (tertiary/aromatic N) is 2. The highest BCUT2D eigenvalue weighted by molar-refractivity contribution is 5.16. The highest BCUT2D eigenvalue weighted by atomic mass is 16.1. The van der Waals surface area contributed by atoms with E-state index in [1.54, 1.807) is 16.2 Å². The lowest BCUT2D eigenvalue weighted by Gasteiger charge is -2.03. The summed E-state index contributed by atoms with van der Waals surface area (Å²) in [4.78, 5) is 11.7. The van der Waals surface area contributed by atoms with Gasteiger partial charge in [-0.2, -0.15) is 0 Å². The summed E-state index contributed by atoms with van der Waals surface area (Å²) < 4.78 is 3.38. The van der Waals surface area contributed by atoms with Crippen molar-refractivity contribution in [2.24, 2.45) is 7.05 Å². The molecule has 0 aliphatic rings. The van der Waals surface area contributed by atoms with E-state index < -0.39 is 0 Å². The van der Waals surface area contributed by atoms with Gasteiger partial charge >= 0.3 is 5.69 Å². The third kappa shape index (κ3) is 1.86. The summed E-state index contributed by atoms with van der Waals surface area (Å²) in [5.74, 6) is 0. The topological polar surface area (TPSA) is 26.9 Å². The molecular weight excluding hydrogens is 188 g/mol. The van der Waals surface area contributed by atoms with Gasteiger partial charge in [0.15, 0.2) is 0 Å². The van der Waals surface area contributed by atoms with Crippen LogP contribution in [0, 0.1) is 6.92 Å². The molecule has 78 valence electrons. The molecule has 0 atom stereocenters. The standard InChI is InChI=1S/C12H14N2O/c1-10-8-13(2)12(15)14(10)9-11-6-4-3-5-7-11/h3-8H,9H2,1-2H3. The van der Waals surface area contributed by atoms with Crippen molar-refractivity contribution in [3.05, 3.63) is 58.3 Å². The van der Waals surface area contributed by atoms with Gasteiger partial charge in [0.2, 0.25) is 0 Å². The largest absolute Gasteiger partial charge is 0.328 e. The van der Waals surface area contributed by atoms with E-state index in [1.807, 2.05) is 43.5 Å². The predicted octanol–water partition coefficient (Wildman–Crippen LogP) is 1.54. The van der Waals surface area contributed by atoms with E-state index in [4.69, 9.17) is 0 Å². The van der Waals surface area contributed by atoms with Crippen LogP contribution in [0.3, 0.4) is 0 Å². The predicted molar refractivity (Wildman–Crippen MR) is 60.0 cm³/mol. The molecule has 0 spiro atoms. The first-order valence-corrected chi connectivity index (χ1v) is 4.95. The molecule has 0 bridgehead atoms. The zero-order valence-corrected chi connectivity index (χ0v) is 8.97. The van der Waals surface area contributed by atoms with Crippen LogP contribution >= 0.6 is 0 Å². The second-order valence-corrected chi connectivity index (χ2v) is 3.74. The Balaban J connectivity index is 2.37. The zero-order valence-electron chi connectivity index (χ0n) is 8.97. The average molecular weight is 202 g/mol. The zero-order chi connectivity index (χ0) is 10.8. The number of aryl methyl sites for hydroxylation is 2. The lowest BCUT2D eigenvalue weighted by Crippen LogP contribution is -2.23. The Morgan fingerprint density at radius 2 is 1.87 bits per heavy atom. The summed E-state index contributed by atoms with van der Waals surface area (Å²) in [5.41, 5.74) is 2.18. The van der Waals surface area contributed by atoms with Crippen LogP contribution in [0.2, 0.25) is 0 Å². The van der Waals surface area contributed by atoms with Gasteiger partial charge in [0.1, 0.15) is 0 Å². The number of hydrogen-bond donors (Lipinski definition) is 0. The van der Waals surface area contributed by atoms with Crippen molar-refractivity contribution in [3.63, 3.8) is 0 Å². The molecule has 0 saturated heterocycles. The van der Waals surface area contributed by atoms with E-state index >= 15 is 0 Å². The van der Waals surface area contributed by atoms with Gasteiger partial charge in [-0.15, -0.1) is 0 Å². The number of imidazole rings is 1. The van der Waals surface area contributed by atoms with Crippen LogP contribution < -0.4 is 5.69 Å². The first-order chi connectivity index (χ1) is 7.18. The monoisotopic (exact) mass is 202 g/mol. The van der Waals surface area contributed by atoms with E-state index in [0.717, 1.165) is 11.3 Å². The Bertz CT molecular complexity index is 508. The third-order valence-corrected chi connectivity index (χ3v) is 2.52. The molecule has 2 aromatic rings. The Hall–Kier alpha value is -1.77. The first-order valence-electron chi connectivity index (χ1n) is 4.95. The maximum Gasteiger partial charge on any atom is 0.328 e. The molecule has 3 heteroatoms. The van der Waals surface area contributed by atoms with Crippen molar-refractivity contribution < 1.29 is 0 Å². The van der Waals surface area contributed by atoms with E-state index in [0.29, 0.717) is 6.54 Å². The van der Waals surface area contributed by atoms with Crippen molar-refractivity contribution >= 4 is 0 Å². The molecular formula is C12H14N2O. The molecule has 0 aliphatic carbocycles. The highest BCUT2D eigenvalue weighted by Crippen LogP contribution is 2.03. The smallest absolute Gasteiger partial charge is 0.302 e. The first kappa shape index (κ1) is 9.77. The minimum absolute atomic E-state index is 0.0383.